The molecule has 104 valence electrons. The van der Waals surface area contributed by atoms with Crippen molar-refractivity contribution in [3.63, 3.8) is 0 Å². The van der Waals surface area contributed by atoms with Gasteiger partial charge < -0.3 is 20.2 Å². The number of hydrogen-bond donors (Lipinski definition) is 3. The van der Waals surface area contributed by atoms with E-state index in [0.29, 0.717) is 15.9 Å². The maximum absolute atomic E-state index is 11.7. The van der Waals surface area contributed by atoms with Gasteiger partial charge in [0, 0.05) is 4.47 Å². The number of carbonyl (C=O) groups is 2. The highest BCUT2D eigenvalue weighted by Gasteiger charge is 2.10. The van der Waals surface area contributed by atoms with Crippen molar-refractivity contribution in [2.24, 2.45) is 0 Å². The van der Waals surface area contributed by atoms with Crippen molar-refractivity contribution in [1.82, 2.24) is 5.32 Å². The Bertz CT molecular complexity index is 625. The predicted octanol–water partition coefficient (Wildman–Crippen LogP) is 3.06. The van der Waals surface area contributed by atoms with Crippen molar-refractivity contribution in [2.75, 3.05) is 5.32 Å². The van der Waals surface area contributed by atoms with Crippen molar-refractivity contribution < 1.29 is 19.1 Å². The number of urea groups is 1. The van der Waals surface area contributed by atoms with Gasteiger partial charge in [-0.3, -0.25) is 0 Å². The van der Waals surface area contributed by atoms with Gasteiger partial charge in [-0.2, -0.15) is 0 Å². The average Bonchev–Trinajstić information content (AvgIpc) is 2.92. The zero-order chi connectivity index (χ0) is 14.5. The fraction of sp³-hybridized carbons (Fsp3) is 0.0769. The number of carboxylic acid groups (broad SMARTS) is 1. The Morgan fingerprint density at radius 2 is 2.10 bits per heavy atom. The van der Waals surface area contributed by atoms with Crippen molar-refractivity contribution >= 4 is 33.6 Å². The van der Waals surface area contributed by atoms with Gasteiger partial charge in [0.25, 0.3) is 0 Å². The zero-order valence-corrected chi connectivity index (χ0v) is 11.8. The molecule has 6 nitrogen and oxygen atoms in total. The quantitative estimate of drug-likeness (QED) is 0.798. The van der Waals surface area contributed by atoms with E-state index in [9.17, 15) is 9.59 Å². The maximum atomic E-state index is 11.7. The smallest absolute Gasteiger partial charge is 0.335 e. The Morgan fingerprint density at radius 1 is 1.30 bits per heavy atom. The third-order valence-corrected chi connectivity index (χ3v) is 3.16. The van der Waals surface area contributed by atoms with Crippen LogP contribution in [-0.4, -0.2) is 17.1 Å². The SMILES string of the molecule is O=C(NCc1ccco1)Nc1cc(C(=O)O)ccc1Br. The number of amides is 2. The van der Waals surface area contributed by atoms with Gasteiger partial charge in [0.2, 0.25) is 0 Å². The van der Waals surface area contributed by atoms with Crippen molar-refractivity contribution in [1.29, 1.82) is 0 Å². The summed E-state index contributed by atoms with van der Waals surface area (Å²) >= 11 is 3.24. The minimum Gasteiger partial charge on any atom is -0.478 e. The summed E-state index contributed by atoms with van der Waals surface area (Å²) in [6.45, 7) is 0.245. The van der Waals surface area contributed by atoms with E-state index in [1.165, 1.54) is 18.4 Å². The fourth-order valence-electron chi connectivity index (χ4n) is 1.50. The van der Waals surface area contributed by atoms with Crippen LogP contribution in [0.25, 0.3) is 0 Å². The van der Waals surface area contributed by atoms with Crippen LogP contribution in [0.15, 0.2) is 45.5 Å². The van der Waals surface area contributed by atoms with Gasteiger partial charge in [-0.1, -0.05) is 0 Å². The minimum absolute atomic E-state index is 0.0922. The van der Waals surface area contributed by atoms with Gasteiger partial charge in [-0.25, -0.2) is 9.59 Å². The van der Waals surface area contributed by atoms with Crippen molar-refractivity contribution in [2.45, 2.75) is 6.54 Å². The molecule has 2 aromatic rings. The molecule has 0 atom stereocenters. The molecular formula is C13H11BrN2O4. The van der Waals surface area contributed by atoms with E-state index in [1.807, 2.05) is 0 Å². The third-order valence-electron chi connectivity index (χ3n) is 2.46. The third kappa shape index (κ3) is 3.61. The molecule has 0 spiro atoms. The van der Waals surface area contributed by atoms with Gasteiger partial charge in [-0.15, -0.1) is 0 Å². The molecule has 0 saturated heterocycles. The van der Waals surface area contributed by atoms with Crippen LogP contribution >= 0.6 is 15.9 Å². The summed E-state index contributed by atoms with van der Waals surface area (Å²) in [5, 5.41) is 14.1. The summed E-state index contributed by atoms with van der Waals surface area (Å²) < 4.78 is 5.67. The molecular weight excluding hydrogens is 328 g/mol. The van der Waals surface area contributed by atoms with Crippen LogP contribution in [0.2, 0.25) is 0 Å². The number of aromatic carboxylic acids is 1. The first-order chi connectivity index (χ1) is 9.56. The van der Waals surface area contributed by atoms with Crippen LogP contribution < -0.4 is 10.6 Å². The van der Waals surface area contributed by atoms with Crippen LogP contribution in [0, 0.1) is 0 Å². The molecule has 0 bridgehead atoms. The lowest BCUT2D eigenvalue weighted by molar-refractivity contribution is 0.0697. The molecule has 20 heavy (non-hydrogen) atoms. The summed E-state index contributed by atoms with van der Waals surface area (Å²) in [4.78, 5) is 22.6. The summed E-state index contributed by atoms with van der Waals surface area (Å²) in [6.07, 6.45) is 1.52. The molecule has 0 aliphatic heterocycles. The number of carboxylic acids is 1. The Morgan fingerprint density at radius 3 is 2.75 bits per heavy atom. The highest BCUT2D eigenvalue weighted by molar-refractivity contribution is 9.10. The van der Waals surface area contributed by atoms with Gasteiger partial charge in [-0.05, 0) is 46.3 Å². The molecule has 1 aromatic heterocycles. The Labute approximate surface area is 122 Å². The lowest BCUT2D eigenvalue weighted by Crippen LogP contribution is -2.28. The summed E-state index contributed by atoms with van der Waals surface area (Å²) in [5.41, 5.74) is 0.469. The average molecular weight is 339 g/mol. The maximum Gasteiger partial charge on any atom is 0.335 e. The molecule has 7 heteroatoms. The zero-order valence-electron chi connectivity index (χ0n) is 10.2. The topological polar surface area (TPSA) is 91.6 Å². The van der Waals surface area contributed by atoms with Gasteiger partial charge in [0.15, 0.2) is 0 Å². The number of rotatable bonds is 4. The number of halogens is 1. The Hall–Kier alpha value is -2.28. The molecule has 0 radical (unpaired) electrons. The summed E-state index contributed by atoms with van der Waals surface area (Å²) in [5.74, 6) is -0.435. The second kappa shape index (κ2) is 6.25. The Balaban J connectivity index is 2.00. The molecule has 3 N–H and O–H groups in total. The first-order valence-corrected chi connectivity index (χ1v) is 6.45. The molecule has 0 aliphatic rings. The lowest BCUT2D eigenvalue weighted by Gasteiger charge is -2.09. The standard InChI is InChI=1S/C13H11BrN2O4/c14-10-4-3-8(12(17)18)6-11(10)16-13(19)15-7-9-2-1-5-20-9/h1-6H,7H2,(H,17,18)(H2,15,16,19). The summed E-state index contributed by atoms with van der Waals surface area (Å²) in [6, 6.07) is 7.39. The van der Waals surface area contributed by atoms with Gasteiger partial charge in [0.05, 0.1) is 24.1 Å². The van der Waals surface area contributed by atoms with Crippen LogP contribution in [-0.2, 0) is 6.54 Å². The molecule has 2 rings (SSSR count). The number of benzene rings is 1. The number of nitrogens with one attached hydrogen (secondary N) is 2. The first-order valence-electron chi connectivity index (χ1n) is 5.66. The van der Waals surface area contributed by atoms with E-state index < -0.39 is 12.0 Å². The highest BCUT2D eigenvalue weighted by atomic mass is 79.9. The van der Waals surface area contributed by atoms with Crippen LogP contribution in [0.4, 0.5) is 10.5 Å². The van der Waals surface area contributed by atoms with Crippen LogP contribution in [0.3, 0.4) is 0 Å². The number of furan rings is 1. The number of hydrogen-bond acceptors (Lipinski definition) is 3. The van der Waals surface area contributed by atoms with Crippen molar-refractivity contribution in [3.8, 4) is 0 Å². The number of carbonyl (C=O) groups excluding carboxylic acids is 1. The largest absolute Gasteiger partial charge is 0.478 e. The molecule has 0 unspecified atom stereocenters. The lowest BCUT2D eigenvalue weighted by atomic mass is 10.2. The second-order valence-electron chi connectivity index (χ2n) is 3.89. The van der Waals surface area contributed by atoms with Gasteiger partial charge in [0.1, 0.15) is 5.76 Å². The van der Waals surface area contributed by atoms with E-state index in [2.05, 4.69) is 26.6 Å². The molecule has 0 aliphatic carbocycles. The van der Waals surface area contributed by atoms with Crippen LogP contribution in [0.1, 0.15) is 16.1 Å². The van der Waals surface area contributed by atoms with E-state index in [1.54, 1.807) is 18.2 Å². The fourth-order valence-corrected chi connectivity index (χ4v) is 1.85. The second-order valence-corrected chi connectivity index (χ2v) is 4.74. The molecule has 1 heterocycles. The van der Waals surface area contributed by atoms with Gasteiger partial charge >= 0.3 is 12.0 Å². The highest BCUT2D eigenvalue weighted by Crippen LogP contribution is 2.23. The van der Waals surface area contributed by atoms with E-state index >= 15 is 0 Å². The minimum atomic E-state index is -1.06. The van der Waals surface area contributed by atoms with E-state index in [4.69, 9.17) is 9.52 Å². The monoisotopic (exact) mass is 338 g/mol. The van der Waals surface area contributed by atoms with Crippen LogP contribution in [0.5, 0.6) is 0 Å². The number of anilines is 1. The van der Waals surface area contributed by atoms with Crippen molar-refractivity contribution in [3.05, 3.63) is 52.4 Å². The van der Waals surface area contributed by atoms with E-state index in [0.717, 1.165) is 0 Å². The normalized spacial score (nSPS) is 10.1. The predicted molar refractivity (Wildman–Crippen MR) is 75.7 cm³/mol. The molecule has 0 saturated carbocycles. The van der Waals surface area contributed by atoms with E-state index in [-0.39, 0.29) is 12.1 Å². The molecule has 0 fully saturated rings. The molecule has 1 aromatic carbocycles. The summed E-state index contributed by atoms with van der Waals surface area (Å²) in [7, 11) is 0. The first kappa shape index (κ1) is 14.1. The Kier molecular flexibility index (Phi) is 4.41. The molecule has 2 amide bonds.